The molecule has 0 aliphatic heterocycles. The molecule has 0 saturated heterocycles. The van der Waals surface area contributed by atoms with E-state index in [4.69, 9.17) is 5.73 Å². The number of aryl methyl sites for hydroxylation is 1. The zero-order chi connectivity index (χ0) is 17.5. The Morgan fingerprint density at radius 3 is 2.38 bits per heavy atom. The van der Waals surface area contributed by atoms with Gasteiger partial charge in [0.15, 0.2) is 0 Å². The fourth-order valence-electron chi connectivity index (χ4n) is 1.99. The Labute approximate surface area is 144 Å². The summed E-state index contributed by atoms with van der Waals surface area (Å²) in [5.41, 5.74) is 7.10. The van der Waals surface area contributed by atoms with Crippen LogP contribution in [-0.2, 0) is 4.79 Å². The van der Waals surface area contributed by atoms with Gasteiger partial charge in [-0.2, -0.15) is 0 Å². The van der Waals surface area contributed by atoms with E-state index in [9.17, 15) is 14.4 Å². The molecule has 0 bridgehead atoms. The summed E-state index contributed by atoms with van der Waals surface area (Å²) < 4.78 is 0. The minimum absolute atomic E-state index is 0.0728. The van der Waals surface area contributed by atoms with E-state index in [1.165, 1.54) is 0 Å². The molecule has 2 amide bonds. The summed E-state index contributed by atoms with van der Waals surface area (Å²) in [4.78, 5) is 35.9. The molecule has 124 valence electrons. The van der Waals surface area contributed by atoms with E-state index < -0.39 is 5.91 Å². The first kappa shape index (κ1) is 17.7. The van der Waals surface area contributed by atoms with Crippen LogP contribution < -0.4 is 11.1 Å². The number of nitrogens with one attached hydrogen (secondary N) is 1. The monoisotopic (exact) mass is 342 g/mol. The molecule has 0 fully saturated rings. The Hall–Kier alpha value is -2.60. The molecule has 0 spiro atoms. The van der Waals surface area contributed by atoms with E-state index in [0.29, 0.717) is 16.0 Å². The van der Waals surface area contributed by atoms with Gasteiger partial charge in [0.1, 0.15) is 0 Å². The maximum Gasteiger partial charge on any atom is 0.252 e. The minimum Gasteiger partial charge on any atom is -0.370 e. The molecule has 0 saturated carbocycles. The van der Waals surface area contributed by atoms with E-state index >= 15 is 0 Å². The summed E-state index contributed by atoms with van der Waals surface area (Å²) in [5.74, 6) is -0.816. The van der Waals surface area contributed by atoms with Crippen LogP contribution in [0.15, 0.2) is 53.4 Å². The van der Waals surface area contributed by atoms with Crippen molar-refractivity contribution in [1.82, 2.24) is 5.32 Å². The normalized spacial score (nSPS) is 10.2. The lowest BCUT2D eigenvalue weighted by molar-refractivity contribution is -0.117. The van der Waals surface area contributed by atoms with E-state index in [1.54, 1.807) is 36.4 Å². The van der Waals surface area contributed by atoms with Crippen molar-refractivity contribution in [3.63, 3.8) is 0 Å². The maximum atomic E-state index is 12.4. The topological polar surface area (TPSA) is 89.3 Å². The third kappa shape index (κ3) is 4.96. The van der Waals surface area contributed by atoms with Crippen LogP contribution in [0.2, 0.25) is 0 Å². The van der Waals surface area contributed by atoms with Crippen molar-refractivity contribution in [2.45, 2.75) is 18.2 Å². The highest BCUT2D eigenvalue weighted by Crippen LogP contribution is 2.26. The van der Waals surface area contributed by atoms with Gasteiger partial charge >= 0.3 is 0 Å². The largest absolute Gasteiger partial charge is 0.370 e. The lowest BCUT2D eigenvalue weighted by Gasteiger charge is -2.09. The highest BCUT2D eigenvalue weighted by molar-refractivity contribution is 8.14. The highest BCUT2D eigenvalue weighted by atomic mass is 32.2. The number of primary amides is 1. The third-order valence-electron chi connectivity index (χ3n) is 3.28. The fourth-order valence-corrected chi connectivity index (χ4v) is 2.86. The molecule has 0 aromatic heterocycles. The van der Waals surface area contributed by atoms with Gasteiger partial charge in [0, 0.05) is 23.4 Å². The average molecular weight is 342 g/mol. The summed E-state index contributed by atoms with van der Waals surface area (Å²) in [6.45, 7) is 2.12. The van der Waals surface area contributed by atoms with Crippen LogP contribution in [0.25, 0.3) is 0 Å². The van der Waals surface area contributed by atoms with Crippen molar-refractivity contribution in [2.75, 3.05) is 6.54 Å². The Balaban J connectivity index is 2.10. The number of carbonyl (C=O) groups is 3. The smallest absolute Gasteiger partial charge is 0.252 e. The zero-order valence-electron chi connectivity index (χ0n) is 13.2. The molecule has 5 nitrogen and oxygen atoms in total. The lowest BCUT2D eigenvalue weighted by Crippen LogP contribution is -2.28. The van der Waals surface area contributed by atoms with Crippen molar-refractivity contribution in [2.24, 2.45) is 5.73 Å². The molecule has 0 aliphatic carbocycles. The molecule has 0 radical (unpaired) electrons. The van der Waals surface area contributed by atoms with Gasteiger partial charge in [0.05, 0.1) is 5.56 Å². The van der Waals surface area contributed by atoms with Gasteiger partial charge in [-0.1, -0.05) is 42.0 Å². The van der Waals surface area contributed by atoms with Crippen molar-refractivity contribution in [3.8, 4) is 0 Å². The third-order valence-corrected chi connectivity index (χ3v) is 4.28. The molecule has 0 heterocycles. The molecule has 0 atom stereocenters. The summed E-state index contributed by atoms with van der Waals surface area (Å²) in [6, 6.07) is 14.1. The van der Waals surface area contributed by atoms with E-state index in [2.05, 4.69) is 5.32 Å². The molecule has 0 unspecified atom stereocenters. The zero-order valence-corrected chi connectivity index (χ0v) is 14.1. The standard InChI is InChI=1S/C18H18N2O3S/c1-12-6-8-13(9-7-12)18(23)24-15-5-3-2-4-14(15)17(22)20-11-10-16(19)21/h2-9H,10-11H2,1H3,(H2,19,21)(H,20,22). The fraction of sp³-hybridized carbons (Fsp3) is 0.167. The van der Waals surface area contributed by atoms with Crippen molar-refractivity contribution >= 4 is 28.7 Å². The number of hydrogen-bond acceptors (Lipinski definition) is 4. The van der Waals surface area contributed by atoms with Crippen LogP contribution in [-0.4, -0.2) is 23.5 Å². The first-order chi connectivity index (χ1) is 11.5. The number of thioether (sulfide) groups is 1. The molecule has 3 N–H and O–H groups in total. The number of nitrogens with two attached hydrogens (primary N) is 1. The lowest BCUT2D eigenvalue weighted by atomic mass is 10.2. The van der Waals surface area contributed by atoms with Crippen LogP contribution >= 0.6 is 11.8 Å². The molecule has 24 heavy (non-hydrogen) atoms. The van der Waals surface area contributed by atoms with Crippen LogP contribution in [0.5, 0.6) is 0 Å². The second kappa shape index (κ2) is 8.31. The van der Waals surface area contributed by atoms with Crippen LogP contribution in [0, 0.1) is 6.92 Å². The minimum atomic E-state index is -0.479. The molecule has 2 aromatic rings. The highest BCUT2D eigenvalue weighted by Gasteiger charge is 2.15. The van der Waals surface area contributed by atoms with Gasteiger partial charge in [-0.3, -0.25) is 14.4 Å². The Kier molecular flexibility index (Phi) is 6.14. The number of carbonyl (C=O) groups excluding carboxylic acids is 3. The molecule has 0 aliphatic rings. The summed E-state index contributed by atoms with van der Waals surface area (Å²) in [7, 11) is 0. The second-order valence-corrected chi connectivity index (χ2v) is 6.24. The number of hydrogen-bond donors (Lipinski definition) is 2. The number of rotatable bonds is 6. The van der Waals surface area contributed by atoms with Crippen molar-refractivity contribution < 1.29 is 14.4 Å². The SMILES string of the molecule is Cc1ccc(C(=O)Sc2ccccc2C(=O)NCCC(N)=O)cc1. The van der Waals surface area contributed by atoms with Crippen molar-refractivity contribution in [1.29, 1.82) is 0 Å². The van der Waals surface area contributed by atoms with Gasteiger partial charge in [0.2, 0.25) is 11.0 Å². The summed E-state index contributed by atoms with van der Waals surface area (Å²) in [6.07, 6.45) is 0.0728. The van der Waals surface area contributed by atoms with Crippen molar-refractivity contribution in [3.05, 3.63) is 65.2 Å². The van der Waals surface area contributed by atoms with Crippen LogP contribution in [0.4, 0.5) is 0 Å². The molecule has 2 rings (SSSR count). The van der Waals surface area contributed by atoms with Gasteiger partial charge in [0.25, 0.3) is 5.91 Å². The van der Waals surface area contributed by atoms with Gasteiger partial charge < -0.3 is 11.1 Å². The second-order valence-electron chi connectivity index (χ2n) is 5.22. The van der Waals surface area contributed by atoms with Gasteiger partial charge in [-0.05, 0) is 30.8 Å². The molecule has 6 heteroatoms. The first-order valence-electron chi connectivity index (χ1n) is 7.42. The Morgan fingerprint density at radius 1 is 1.04 bits per heavy atom. The van der Waals surface area contributed by atoms with E-state index in [0.717, 1.165) is 17.3 Å². The molecular formula is C18H18N2O3S. The number of amides is 2. The predicted octanol–water partition coefficient (Wildman–Crippen LogP) is 2.53. The van der Waals surface area contributed by atoms with Crippen LogP contribution in [0.1, 0.15) is 32.7 Å². The quantitative estimate of drug-likeness (QED) is 0.790. The van der Waals surface area contributed by atoms with Crippen LogP contribution in [0.3, 0.4) is 0 Å². The predicted molar refractivity (Wildman–Crippen MR) is 94.0 cm³/mol. The maximum absolute atomic E-state index is 12.4. The average Bonchev–Trinajstić information content (AvgIpc) is 2.55. The Bertz CT molecular complexity index is 757. The number of benzene rings is 2. The summed E-state index contributed by atoms with van der Waals surface area (Å²) >= 11 is 1.01. The van der Waals surface area contributed by atoms with Gasteiger partial charge in [-0.25, -0.2) is 0 Å². The Morgan fingerprint density at radius 2 is 1.71 bits per heavy atom. The van der Waals surface area contributed by atoms with E-state index in [1.807, 2.05) is 19.1 Å². The van der Waals surface area contributed by atoms with Gasteiger partial charge in [-0.15, -0.1) is 0 Å². The molecule has 2 aromatic carbocycles. The summed E-state index contributed by atoms with van der Waals surface area (Å²) in [5, 5.41) is 2.49. The molecular weight excluding hydrogens is 324 g/mol. The first-order valence-corrected chi connectivity index (χ1v) is 8.23. The van der Waals surface area contributed by atoms with E-state index in [-0.39, 0.29) is 24.0 Å².